The van der Waals surface area contributed by atoms with Gasteiger partial charge in [-0.15, -0.1) is 0 Å². The molecule has 1 amide bonds. The molecule has 0 fully saturated rings. The first-order chi connectivity index (χ1) is 36.2. The van der Waals surface area contributed by atoms with Crippen molar-refractivity contribution in [2.24, 2.45) is 0 Å². The standard InChI is InChI=1S/C69H127NO3/c1-3-5-7-9-11-13-15-17-19-21-23-25-26-27-28-29-30-31-32-33-34-35-36-37-38-39-40-41-42-43-44-45-47-49-51-53-55-57-59-61-63-65-69(73)70-67(66-71)68(72)64-62-60-58-56-54-52-50-48-46-24-22-20-18-16-14-12-10-8-6-4-2/h15,17,21,23,26-27,46,48,54,56,62,64,67-68,71-72H,3-14,16,18-20,22,24-25,28-45,47,49-53,55,57-61,63,65-66H2,1-2H3,(H,70,73)/b17-15-,23-21-,27-26-,48-46+,56-54+,64-62+. The SMILES string of the molecule is CCCCCCC/C=C\C/C=C\C/C=C\CCCCCCCCCCCCCCCCCCCCCCCCCCCCC(=O)NC(CO)C(O)/C=C/CC/C=C/CC/C=C/CCCCCCCCCCCC. The van der Waals surface area contributed by atoms with Crippen molar-refractivity contribution >= 4 is 5.91 Å². The predicted molar refractivity (Wildman–Crippen MR) is 327 cm³/mol. The van der Waals surface area contributed by atoms with Crippen LogP contribution in [0.3, 0.4) is 0 Å². The lowest BCUT2D eigenvalue weighted by atomic mass is 10.0. The summed E-state index contributed by atoms with van der Waals surface area (Å²) in [6, 6.07) is -0.647. The molecule has 0 aromatic heterocycles. The molecule has 0 bridgehead atoms. The third kappa shape index (κ3) is 60.6. The smallest absolute Gasteiger partial charge is 0.220 e. The van der Waals surface area contributed by atoms with Crippen LogP contribution in [0.1, 0.15) is 341 Å². The van der Waals surface area contributed by atoms with Crippen molar-refractivity contribution in [3.63, 3.8) is 0 Å². The van der Waals surface area contributed by atoms with Crippen molar-refractivity contribution in [1.29, 1.82) is 0 Å². The van der Waals surface area contributed by atoms with Gasteiger partial charge in [0.25, 0.3) is 0 Å². The molecule has 0 aliphatic heterocycles. The maximum atomic E-state index is 12.5. The number of amides is 1. The first-order valence-electron chi connectivity index (χ1n) is 32.7. The Morgan fingerprint density at radius 3 is 0.890 bits per heavy atom. The number of nitrogens with one attached hydrogen (secondary N) is 1. The number of rotatable bonds is 60. The van der Waals surface area contributed by atoms with Crippen molar-refractivity contribution in [2.75, 3.05) is 6.61 Å². The minimum Gasteiger partial charge on any atom is -0.394 e. The molecule has 0 saturated carbocycles. The summed E-state index contributed by atoms with van der Waals surface area (Å²) < 4.78 is 0. The van der Waals surface area contributed by atoms with Gasteiger partial charge in [0, 0.05) is 6.42 Å². The van der Waals surface area contributed by atoms with E-state index in [1.807, 2.05) is 6.08 Å². The van der Waals surface area contributed by atoms with Gasteiger partial charge in [-0.25, -0.2) is 0 Å². The van der Waals surface area contributed by atoms with E-state index in [4.69, 9.17) is 0 Å². The predicted octanol–water partition coefficient (Wildman–Crippen LogP) is 22.1. The molecule has 2 unspecified atom stereocenters. The van der Waals surface area contributed by atoms with Crippen LogP contribution in [0.15, 0.2) is 72.9 Å². The van der Waals surface area contributed by atoms with Crippen LogP contribution < -0.4 is 5.32 Å². The highest BCUT2D eigenvalue weighted by molar-refractivity contribution is 5.76. The van der Waals surface area contributed by atoms with E-state index in [9.17, 15) is 15.0 Å². The largest absolute Gasteiger partial charge is 0.394 e. The number of aliphatic hydroxyl groups is 2. The van der Waals surface area contributed by atoms with Gasteiger partial charge in [-0.1, -0.05) is 324 Å². The van der Waals surface area contributed by atoms with Crippen LogP contribution >= 0.6 is 0 Å². The number of hydrogen-bond donors (Lipinski definition) is 3. The summed E-state index contributed by atoms with van der Waals surface area (Å²) in [6.07, 6.45) is 92.6. The average molecular weight is 1020 g/mol. The molecule has 0 aromatic carbocycles. The molecule has 0 heterocycles. The van der Waals surface area contributed by atoms with Crippen LogP contribution in [-0.4, -0.2) is 34.9 Å². The monoisotopic (exact) mass is 1020 g/mol. The zero-order valence-electron chi connectivity index (χ0n) is 49.2. The topological polar surface area (TPSA) is 69.6 Å². The fourth-order valence-electron chi connectivity index (χ4n) is 9.93. The van der Waals surface area contributed by atoms with Gasteiger partial charge >= 0.3 is 0 Å². The van der Waals surface area contributed by atoms with E-state index < -0.39 is 12.1 Å². The third-order valence-electron chi connectivity index (χ3n) is 14.9. The number of carbonyl (C=O) groups is 1. The molecule has 0 aromatic rings. The molecule has 0 saturated heterocycles. The normalized spacial score (nSPS) is 13.2. The maximum Gasteiger partial charge on any atom is 0.220 e. The summed E-state index contributed by atoms with van der Waals surface area (Å²) in [4.78, 5) is 12.5. The fraction of sp³-hybridized carbons (Fsp3) is 0.812. The van der Waals surface area contributed by atoms with Gasteiger partial charge < -0.3 is 15.5 Å². The van der Waals surface area contributed by atoms with Crippen LogP contribution in [0.25, 0.3) is 0 Å². The first kappa shape index (κ1) is 70.8. The Labute approximate surface area is 457 Å². The van der Waals surface area contributed by atoms with Crippen molar-refractivity contribution < 1.29 is 15.0 Å². The zero-order valence-corrected chi connectivity index (χ0v) is 49.2. The van der Waals surface area contributed by atoms with Crippen molar-refractivity contribution in [2.45, 2.75) is 353 Å². The molecule has 426 valence electrons. The Morgan fingerprint density at radius 2 is 0.575 bits per heavy atom. The molecular formula is C69H127NO3. The van der Waals surface area contributed by atoms with E-state index >= 15 is 0 Å². The molecule has 73 heavy (non-hydrogen) atoms. The molecule has 0 rings (SSSR count). The van der Waals surface area contributed by atoms with Crippen LogP contribution in [0, 0.1) is 0 Å². The summed E-state index contributed by atoms with van der Waals surface area (Å²) in [5.74, 6) is -0.0733. The van der Waals surface area contributed by atoms with E-state index in [1.165, 1.54) is 270 Å². The second-order valence-corrected chi connectivity index (χ2v) is 22.2. The van der Waals surface area contributed by atoms with E-state index in [0.717, 1.165) is 51.4 Å². The summed E-state index contributed by atoms with van der Waals surface area (Å²) in [6.45, 7) is 4.30. The van der Waals surface area contributed by atoms with E-state index in [0.29, 0.717) is 6.42 Å². The molecule has 0 aliphatic rings. The van der Waals surface area contributed by atoms with Gasteiger partial charge in [-0.2, -0.15) is 0 Å². The maximum absolute atomic E-state index is 12.5. The molecule has 4 nitrogen and oxygen atoms in total. The Balaban J connectivity index is 3.44. The number of unbranched alkanes of at least 4 members (excludes halogenated alkanes) is 43. The van der Waals surface area contributed by atoms with E-state index in [2.05, 4.69) is 79.9 Å². The Morgan fingerprint density at radius 1 is 0.329 bits per heavy atom. The first-order valence-corrected chi connectivity index (χ1v) is 32.7. The molecule has 0 radical (unpaired) electrons. The molecule has 3 N–H and O–H groups in total. The van der Waals surface area contributed by atoms with Crippen molar-refractivity contribution in [3.05, 3.63) is 72.9 Å². The van der Waals surface area contributed by atoms with Crippen LogP contribution in [-0.2, 0) is 4.79 Å². The molecule has 0 aliphatic carbocycles. The highest BCUT2D eigenvalue weighted by Crippen LogP contribution is 2.18. The van der Waals surface area contributed by atoms with Crippen molar-refractivity contribution in [1.82, 2.24) is 5.32 Å². The quantitative estimate of drug-likeness (QED) is 0.0420. The summed E-state index contributed by atoms with van der Waals surface area (Å²) in [7, 11) is 0. The van der Waals surface area contributed by atoms with E-state index in [1.54, 1.807) is 6.08 Å². The Kier molecular flexibility index (Phi) is 62.2. The van der Waals surface area contributed by atoms with Gasteiger partial charge in [0.2, 0.25) is 5.91 Å². The summed E-state index contributed by atoms with van der Waals surface area (Å²) in [5.41, 5.74) is 0. The highest BCUT2D eigenvalue weighted by Gasteiger charge is 2.18. The molecule has 0 spiro atoms. The minimum atomic E-state index is -0.872. The zero-order chi connectivity index (χ0) is 52.7. The van der Waals surface area contributed by atoms with E-state index in [-0.39, 0.29) is 12.5 Å². The number of allylic oxidation sites excluding steroid dienone is 11. The van der Waals surface area contributed by atoms with Crippen LogP contribution in [0.5, 0.6) is 0 Å². The Hall–Kier alpha value is -2.17. The Bertz CT molecular complexity index is 1250. The fourth-order valence-corrected chi connectivity index (χ4v) is 9.93. The summed E-state index contributed by atoms with van der Waals surface area (Å²) >= 11 is 0. The second-order valence-electron chi connectivity index (χ2n) is 22.2. The van der Waals surface area contributed by atoms with Gasteiger partial charge in [-0.05, 0) is 83.5 Å². The van der Waals surface area contributed by atoms with Crippen molar-refractivity contribution in [3.8, 4) is 0 Å². The number of aliphatic hydroxyl groups excluding tert-OH is 2. The lowest BCUT2D eigenvalue weighted by molar-refractivity contribution is -0.123. The lowest BCUT2D eigenvalue weighted by Gasteiger charge is -2.19. The second kappa shape index (κ2) is 64.1. The van der Waals surface area contributed by atoms with Gasteiger partial charge in [0.05, 0.1) is 18.8 Å². The lowest BCUT2D eigenvalue weighted by Crippen LogP contribution is -2.45. The van der Waals surface area contributed by atoms with Gasteiger partial charge in [0.1, 0.15) is 0 Å². The minimum absolute atomic E-state index is 0.0733. The average Bonchev–Trinajstić information content (AvgIpc) is 3.40. The van der Waals surface area contributed by atoms with Crippen LogP contribution in [0.4, 0.5) is 0 Å². The molecule has 4 heteroatoms. The van der Waals surface area contributed by atoms with Gasteiger partial charge in [-0.3, -0.25) is 4.79 Å². The highest BCUT2D eigenvalue weighted by atomic mass is 16.3. The third-order valence-corrected chi connectivity index (χ3v) is 14.9. The molecular weight excluding hydrogens is 891 g/mol. The summed E-state index contributed by atoms with van der Waals surface area (Å²) in [5, 5.41) is 23.2. The number of carbonyl (C=O) groups excluding carboxylic acids is 1. The van der Waals surface area contributed by atoms with Crippen LogP contribution in [0.2, 0.25) is 0 Å². The van der Waals surface area contributed by atoms with Gasteiger partial charge in [0.15, 0.2) is 0 Å². The number of hydrogen-bond acceptors (Lipinski definition) is 3. The molecule has 2 atom stereocenters.